The summed E-state index contributed by atoms with van der Waals surface area (Å²) in [6.45, 7) is 4.47. The third-order valence-corrected chi connectivity index (χ3v) is 4.59. The Labute approximate surface area is 108 Å². The first-order valence-corrected chi connectivity index (χ1v) is 7.87. The second-order valence-corrected chi connectivity index (χ2v) is 5.97. The van der Waals surface area contributed by atoms with E-state index < -0.39 is 0 Å². The van der Waals surface area contributed by atoms with Crippen LogP contribution in [0.1, 0.15) is 45.4 Å². The van der Waals surface area contributed by atoms with Gasteiger partial charge in [0.2, 0.25) is 0 Å². The molecule has 1 aliphatic carbocycles. The van der Waals surface area contributed by atoms with Gasteiger partial charge < -0.3 is 4.74 Å². The molecule has 0 bridgehead atoms. The van der Waals surface area contributed by atoms with Crippen molar-refractivity contribution in [1.82, 2.24) is 4.90 Å². The van der Waals surface area contributed by atoms with Gasteiger partial charge in [-0.25, -0.2) is 0 Å². The Kier molecular flexibility index (Phi) is 5.11. The maximum atomic E-state index is 5.90. The van der Waals surface area contributed by atoms with E-state index in [9.17, 15) is 0 Å². The molecule has 2 unspecified atom stereocenters. The Morgan fingerprint density at radius 1 is 1.12 bits per heavy atom. The first kappa shape index (κ1) is 12.8. The van der Waals surface area contributed by atoms with Gasteiger partial charge in [0.1, 0.15) is 0 Å². The maximum Gasteiger partial charge on any atom is 0.0802 e. The van der Waals surface area contributed by atoms with E-state index in [4.69, 9.17) is 4.74 Å². The topological polar surface area (TPSA) is 12.5 Å². The lowest BCUT2D eigenvalue weighted by molar-refractivity contribution is -0.0793. The summed E-state index contributed by atoms with van der Waals surface area (Å²) in [5.74, 6) is 0. The average Bonchev–Trinajstić information content (AvgIpc) is 2.56. The lowest BCUT2D eigenvalue weighted by Gasteiger charge is -2.40. The van der Waals surface area contributed by atoms with Crippen LogP contribution >= 0.6 is 15.9 Å². The predicted octanol–water partition coefficient (Wildman–Crippen LogP) is 3.19. The van der Waals surface area contributed by atoms with Crippen molar-refractivity contribution in [2.24, 2.45) is 0 Å². The van der Waals surface area contributed by atoms with Gasteiger partial charge in [0.25, 0.3) is 0 Å². The fourth-order valence-corrected chi connectivity index (χ4v) is 3.44. The third kappa shape index (κ3) is 3.44. The Balaban J connectivity index is 1.90. The number of ether oxygens (including phenoxy) is 1. The summed E-state index contributed by atoms with van der Waals surface area (Å²) < 4.78 is 5.90. The van der Waals surface area contributed by atoms with Crippen molar-refractivity contribution in [1.29, 1.82) is 0 Å². The van der Waals surface area contributed by atoms with Crippen LogP contribution in [0.3, 0.4) is 0 Å². The molecule has 2 fully saturated rings. The number of alkyl halides is 1. The van der Waals surface area contributed by atoms with Crippen LogP contribution in [0.2, 0.25) is 0 Å². The summed E-state index contributed by atoms with van der Waals surface area (Å²) in [4.78, 5) is 2.69. The minimum Gasteiger partial charge on any atom is -0.372 e. The number of nitrogens with zero attached hydrogens (tertiary/aromatic N) is 1. The number of hydrogen-bond acceptors (Lipinski definition) is 2. The number of hydrogen-bond donors (Lipinski definition) is 0. The van der Waals surface area contributed by atoms with Gasteiger partial charge in [0.15, 0.2) is 0 Å². The zero-order valence-electron chi connectivity index (χ0n) is 10.3. The second kappa shape index (κ2) is 6.36. The van der Waals surface area contributed by atoms with Crippen LogP contribution in [0.5, 0.6) is 0 Å². The molecule has 2 nitrogen and oxygen atoms in total. The minimum atomic E-state index is 0.395. The van der Waals surface area contributed by atoms with Crippen molar-refractivity contribution < 1.29 is 4.74 Å². The summed E-state index contributed by atoms with van der Waals surface area (Å²) in [7, 11) is 0. The van der Waals surface area contributed by atoms with E-state index in [1.165, 1.54) is 38.5 Å². The molecule has 0 N–H and O–H groups in total. The zero-order chi connectivity index (χ0) is 11.4. The fraction of sp³-hybridized carbons (Fsp3) is 1.00. The van der Waals surface area contributed by atoms with Crippen molar-refractivity contribution in [3.05, 3.63) is 0 Å². The number of halogens is 1. The molecule has 94 valence electrons. The van der Waals surface area contributed by atoms with Crippen LogP contribution in [0, 0.1) is 0 Å². The largest absolute Gasteiger partial charge is 0.372 e. The molecule has 2 atom stereocenters. The van der Waals surface area contributed by atoms with E-state index in [2.05, 4.69) is 27.8 Å². The first-order valence-electron chi connectivity index (χ1n) is 6.75. The summed E-state index contributed by atoms with van der Waals surface area (Å²) in [5, 5.41) is 0.973. The van der Waals surface area contributed by atoms with Gasteiger partial charge in [-0.05, 0) is 19.8 Å². The molecule has 2 rings (SSSR count). The van der Waals surface area contributed by atoms with Crippen LogP contribution in [0.4, 0.5) is 0 Å². The Morgan fingerprint density at radius 2 is 1.81 bits per heavy atom. The Hall–Kier alpha value is 0.400. The van der Waals surface area contributed by atoms with Crippen LogP contribution < -0.4 is 0 Å². The fourth-order valence-electron chi connectivity index (χ4n) is 3.09. The molecular formula is C13H24BrNO. The predicted molar refractivity (Wildman–Crippen MR) is 71.2 cm³/mol. The zero-order valence-corrected chi connectivity index (χ0v) is 11.9. The Bertz CT molecular complexity index is 204. The van der Waals surface area contributed by atoms with Gasteiger partial charge >= 0.3 is 0 Å². The molecule has 16 heavy (non-hydrogen) atoms. The second-order valence-electron chi connectivity index (χ2n) is 5.32. The van der Waals surface area contributed by atoms with Crippen LogP contribution in [-0.2, 0) is 4.74 Å². The van der Waals surface area contributed by atoms with E-state index in [0.717, 1.165) is 24.5 Å². The van der Waals surface area contributed by atoms with Crippen LogP contribution in [0.25, 0.3) is 0 Å². The highest BCUT2D eigenvalue weighted by Gasteiger charge is 2.29. The van der Waals surface area contributed by atoms with Crippen molar-refractivity contribution in [3.8, 4) is 0 Å². The molecule has 1 saturated carbocycles. The van der Waals surface area contributed by atoms with Gasteiger partial charge in [-0.15, -0.1) is 0 Å². The van der Waals surface area contributed by atoms with Gasteiger partial charge in [-0.3, -0.25) is 4.90 Å². The summed E-state index contributed by atoms with van der Waals surface area (Å²) in [5.41, 5.74) is 0. The summed E-state index contributed by atoms with van der Waals surface area (Å²) in [6.07, 6.45) is 9.34. The molecule has 0 spiro atoms. The normalized spacial score (nSPS) is 34.9. The highest BCUT2D eigenvalue weighted by atomic mass is 79.9. The van der Waals surface area contributed by atoms with Crippen molar-refractivity contribution in [2.75, 3.05) is 18.4 Å². The highest BCUT2D eigenvalue weighted by molar-refractivity contribution is 9.09. The average molecular weight is 290 g/mol. The van der Waals surface area contributed by atoms with Crippen molar-refractivity contribution in [3.63, 3.8) is 0 Å². The van der Waals surface area contributed by atoms with Crippen LogP contribution in [0.15, 0.2) is 0 Å². The monoisotopic (exact) mass is 289 g/mol. The molecule has 0 aromatic rings. The molecule has 1 saturated heterocycles. The lowest BCUT2D eigenvalue weighted by Crippen LogP contribution is -2.51. The Morgan fingerprint density at radius 3 is 2.44 bits per heavy atom. The smallest absolute Gasteiger partial charge is 0.0802 e. The first-order chi connectivity index (χ1) is 7.79. The van der Waals surface area contributed by atoms with E-state index in [1.807, 2.05) is 0 Å². The van der Waals surface area contributed by atoms with Gasteiger partial charge in [0, 0.05) is 24.5 Å². The summed E-state index contributed by atoms with van der Waals surface area (Å²) >= 11 is 3.55. The van der Waals surface area contributed by atoms with E-state index in [0.29, 0.717) is 12.2 Å². The van der Waals surface area contributed by atoms with Crippen LogP contribution in [-0.4, -0.2) is 41.6 Å². The van der Waals surface area contributed by atoms with E-state index in [1.54, 1.807) is 0 Å². The highest BCUT2D eigenvalue weighted by Crippen LogP contribution is 2.25. The lowest BCUT2D eigenvalue weighted by atomic mass is 10.0. The molecule has 1 heterocycles. The standard InChI is InChI=1S/C13H24BrNO/c1-11-9-15(10-13(8-14)16-11)12-6-4-2-3-5-7-12/h11-13H,2-10H2,1H3. The number of rotatable bonds is 2. The molecule has 0 aromatic carbocycles. The SMILES string of the molecule is CC1CN(C2CCCCCC2)CC(CBr)O1. The van der Waals surface area contributed by atoms with Crippen molar-refractivity contribution >= 4 is 15.9 Å². The van der Waals surface area contributed by atoms with Gasteiger partial charge in [-0.1, -0.05) is 41.6 Å². The molecule has 3 heteroatoms. The van der Waals surface area contributed by atoms with E-state index >= 15 is 0 Å². The van der Waals surface area contributed by atoms with E-state index in [-0.39, 0.29) is 0 Å². The van der Waals surface area contributed by atoms with Crippen molar-refractivity contribution in [2.45, 2.75) is 63.7 Å². The molecule has 0 aromatic heterocycles. The third-order valence-electron chi connectivity index (χ3n) is 3.87. The quantitative estimate of drug-likeness (QED) is 0.572. The van der Waals surface area contributed by atoms with Gasteiger partial charge in [0.05, 0.1) is 12.2 Å². The number of morpholine rings is 1. The molecule has 0 amide bonds. The van der Waals surface area contributed by atoms with Gasteiger partial charge in [-0.2, -0.15) is 0 Å². The molecule has 0 radical (unpaired) electrons. The maximum absolute atomic E-state index is 5.90. The summed E-state index contributed by atoms with van der Waals surface area (Å²) in [6, 6.07) is 0.829. The molecular weight excluding hydrogens is 266 g/mol. The molecule has 1 aliphatic heterocycles. The molecule has 2 aliphatic rings. The minimum absolute atomic E-state index is 0.395.